The maximum Gasteiger partial charge on any atom is 0.416 e. The molecule has 0 aromatic heterocycles. The van der Waals surface area contributed by atoms with Crippen LogP contribution in [0.5, 0.6) is 5.75 Å². The summed E-state index contributed by atoms with van der Waals surface area (Å²) < 4.78 is 44.8. The van der Waals surface area contributed by atoms with Crippen LogP contribution in [0.15, 0.2) is 48.5 Å². The molecule has 2 aromatic rings. The first-order valence-electron chi connectivity index (χ1n) is 7.24. The normalized spacial score (nSPS) is 15.7. The van der Waals surface area contributed by atoms with E-state index in [0.29, 0.717) is 18.4 Å². The van der Waals surface area contributed by atoms with Crippen LogP contribution < -0.4 is 4.74 Å². The van der Waals surface area contributed by atoms with Gasteiger partial charge in [0, 0.05) is 0 Å². The second-order valence-electron chi connectivity index (χ2n) is 5.71. The van der Waals surface area contributed by atoms with Gasteiger partial charge in [-0.2, -0.15) is 18.4 Å². The van der Waals surface area contributed by atoms with E-state index in [1.54, 1.807) is 6.07 Å². The van der Waals surface area contributed by atoms with Crippen LogP contribution in [0.3, 0.4) is 0 Å². The molecule has 2 nitrogen and oxygen atoms in total. The molecule has 1 aliphatic carbocycles. The van der Waals surface area contributed by atoms with Crippen LogP contribution in [0.25, 0.3) is 0 Å². The van der Waals surface area contributed by atoms with Gasteiger partial charge < -0.3 is 4.74 Å². The first-order valence-corrected chi connectivity index (χ1v) is 7.24. The molecule has 1 fully saturated rings. The van der Waals surface area contributed by atoms with Gasteiger partial charge in [0.15, 0.2) is 0 Å². The van der Waals surface area contributed by atoms with E-state index in [0.717, 1.165) is 17.7 Å². The Kier molecular flexibility index (Phi) is 3.77. The van der Waals surface area contributed by atoms with Gasteiger partial charge >= 0.3 is 6.18 Å². The Hall–Kier alpha value is -2.48. The van der Waals surface area contributed by atoms with Crippen LogP contribution in [0.1, 0.15) is 29.5 Å². The van der Waals surface area contributed by atoms with Gasteiger partial charge in [-0.05, 0) is 42.2 Å². The lowest BCUT2D eigenvalue weighted by Gasteiger charge is -2.15. The zero-order chi connectivity index (χ0) is 16.5. The smallest absolute Gasteiger partial charge is 0.416 e. The molecule has 0 bridgehead atoms. The van der Waals surface area contributed by atoms with E-state index in [4.69, 9.17) is 4.74 Å². The van der Waals surface area contributed by atoms with Crippen molar-refractivity contribution in [2.75, 3.05) is 0 Å². The average Bonchev–Trinajstić information content (AvgIpc) is 3.34. The monoisotopic (exact) mass is 317 g/mol. The molecule has 3 rings (SSSR count). The Morgan fingerprint density at radius 1 is 1.09 bits per heavy atom. The summed E-state index contributed by atoms with van der Waals surface area (Å²) in [7, 11) is 0. The highest BCUT2D eigenvalue weighted by Gasteiger charge is 2.46. The summed E-state index contributed by atoms with van der Waals surface area (Å²) in [6, 6.07) is 14.9. The number of rotatable bonds is 4. The average molecular weight is 317 g/mol. The number of alkyl halides is 3. The lowest BCUT2D eigenvalue weighted by atomic mass is 9.95. The molecule has 0 saturated heterocycles. The van der Waals surface area contributed by atoms with Crippen molar-refractivity contribution in [2.45, 2.75) is 31.0 Å². The van der Waals surface area contributed by atoms with Crippen LogP contribution >= 0.6 is 0 Å². The molecule has 0 spiro atoms. The molecule has 0 N–H and O–H groups in total. The van der Waals surface area contributed by atoms with E-state index in [-0.39, 0.29) is 12.4 Å². The highest BCUT2D eigenvalue weighted by atomic mass is 19.4. The van der Waals surface area contributed by atoms with E-state index in [2.05, 4.69) is 6.07 Å². The van der Waals surface area contributed by atoms with Crippen molar-refractivity contribution in [1.29, 1.82) is 5.26 Å². The maximum atomic E-state index is 13.1. The quantitative estimate of drug-likeness (QED) is 0.808. The van der Waals surface area contributed by atoms with Crippen molar-refractivity contribution >= 4 is 0 Å². The van der Waals surface area contributed by atoms with Gasteiger partial charge in [-0.25, -0.2) is 0 Å². The number of hydrogen-bond donors (Lipinski definition) is 0. The Morgan fingerprint density at radius 3 is 2.35 bits per heavy atom. The Morgan fingerprint density at radius 2 is 1.78 bits per heavy atom. The Labute approximate surface area is 132 Å². The number of halogens is 3. The third-order valence-electron chi connectivity index (χ3n) is 4.00. The van der Waals surface area contributed by atoms with Crippen molar-refractivity contribution < 1.29 is 17.9 Å². The summed E-state index contributed by atoms with van der Waals surface area (Å²) in [6.45, 7) is 0.182. The predicted molar refractivity (Wildman–Crippen MR) is 78.7 cm³/mol. The molecule has 23 heavy (non-hydrogen) atoms. The molecule has 0 unspecified atom stereocenters. The van der Waals surface area contributed by atoms with Crippen LogP contribution in [0.4, 0.5) is 13.2 Å². The SMILES string of the molecule is N#CC1(c2cc(OCc3ccccc3)cc(C(F)(F)F)c2)CC1. The molecule has 0 heterocycles. The second-order valence-corrected chi connectivity index (χ2v) is 5.71. The summed E-state index contributed by atoms with van der Waals surface area (Å²) in [5.74, 6) is 0.139. The molecular weight excluding hydrogens is 303 g/mol. The van der Waals surface area contributed by atoms with Crippen LogP contribution in [0, 0.1) is 11.3 Å². The lowest BCUT2D eigenvalue weighted by Crippen LogP contribution is -2.10. The summed E-state index contributed by atoms with van der Waals surface area (Å²) in [5, 5.41) is 9.23. The molecule has 1 aliphatic rings. The van der Waals surface area contributed by atoms with Gasteiger partial charge in [0.2, 0.25) is 0 Å². The van der Waals surface area contributed by atoms with Gasteiger partial charge in [-0.3, -0.25) is 0 Å². The molecular formula is C18H14F3NO. The fraction of sp³-hybridized carbons (Fsp3) is 0.278. The van der Waals surface area contributed by atoms with Gasteiger partial charge in [-0.1, -0.05) is 30.3 Å². The molecule has 5 heteroatoms. The number of benzene rings is 2. The Bertz CT molecular complexity index is 743. The van der Waals surface area contributed by atoms with E-state index in [9.17, 15) is 18.4 Å². The predicted octanol–water partition coefficient (Wildman–Crippen LogP) is 4.84. The standard InChI is InChI=1S/C18H14F3NO/c19-18(20,21)15-8-14(17(12-22)6-7-17)9-16(10-15)23-11-13-4-2-1-3-5-13/h1-5,8-10H,6-7,11H2. The van der Waals surface area contributed by atoms with Crippen molar-refractivity contribution in [3.05, 3.63) is 65.2 Å². The van der Waals surface area contributed by atoms with Crippen molar-refractivity contribution in [3.63, 3.8) is 0 Å². The molecule has 0 amide bonds. The molecule has 0 aliphatic heterocycles. The zero-order valence-electron chi connectivity index (χ0n) is 12.2. The first-order chi connectivity index (χ1) is 10.9. The highest BCUT2D eigenvalue weighted by Crippen LogP contribution is 2.49. The summed E-state index contributed by atoms with van der Waals surface area (Å²) >= 11 is 0. The van der Waals surface area contributed by atoms with Crippen LogP contribution in [-0.2, 0) is 18.2 Å². The van der Waals surface area contributed by atoms with Crippen molar-refractivity contribution in [2.24, 2.45) is 0 Å². The minimum atomic E-state index is -4.47. The molecule has 118 valence electrons. The third-order valence-corrected chi connectivity index (χ3v) is 4.00. The van der Waals surface area contributed by atoms with E-state index >= 15 is 0 Å². The largest absolute Gasteiger partial charge is 0.489 e. The minimum Gasteiger partial charge on any atom is -0.489 e. The zero-order valence-corrected chi connectivity index (χ0v) is 12.2. The second kappa shape index (κ2) is 5.62. The maximum absolute atomic E-state index is 13.1. The Balaban J connectivity index is 1.90. The topological polar surface area (TPSA) is 33.0 Å². The molecule has 1 saturated carbocycles. The van der Waals surface area contributed by atoms with Crippen molar-refractivity contribution in [1.82, 2.24) is 0 Å². The molecule has 2 aromatic carbocycles. The van der Waals surface area contributed by atoms with E-state index in [1.165, 1.54) is 0 Å². The number of nitriles is 1. The van der Waals surface area contributed by atoms with Crippen molar-refractivity contribution in [3.8, 4) is 11.8 Å². The van der Waals surface area contributed by atoms with Gasteiger partial charge in [0.05, 0.1) is 17.0 Å². The molecule has 0 radical (unpaired) electrons. The van der Waals surface area contributed by atoms with Gasteiger partial charge in [0.25, 0.3) is 0 Å². The molecule has 0 atom stereocenters. The third kappa shape index (κ3) is 3.31. The fourth-order valence-electron chi connectivity index (χ4n) is 2.45. The highest BCUT2D eigenvalue weighted by molar-refractivity contribution is 5.46. The fourth-order valence-corrected chi connectivity index (χ4v) is 2.45. The summed E-state index contributed by atoms with van der Waals surface area (Å²) in [4.78, 5) is 0. The van der Waals surface area contributed by atoms with E-state index < -0.39 is 17.2 Å². The van der Waals surface area contributed by atoms with E-state index in [1.807, 2.05) is 30.3 Å². The number of nitrogens with zero attached hydrogens (tertiary/aromatic N) is 1. The summed E-state index contributed by atoms with van der Waals surface area (Å²) in [6.07, 6.45) is -3.29. The van der Waals surface area contributed by atoms with Gasteiger partial charge in [-0.15, -0.1) is 0 Å². The summed E-state index contributed by atoms with van der Waals surface area (Å²) in [5.41, 5.74) is -0.308. The number of hydrogen-bond acceptors (Lipinski definition) is 2. The number of ether oxygens (including phenoxy) is 1. The van der Waals surface area contributed by atoms with Crippen LogP contribution in [0.2, 0.25) is 0 Å². The lowest BCUT2D eigenvalue weighted by molar-refractivity contribution is -0.137. The minimum absolute atomic E-state index is 0.139. The van der Waals surface area contributed by atoms with Crippen LogP contribution in [-0.4, -0.2) is 0 Å². The van der Waals surface area contributed by atoms with Gasteiger partial charge in [0.1, 0.15) is 12.4 Å². The first kappa shape index (κ1) is 15.4.